The molecule has 128 valence electrons. The Morgan fingerprint density at radius 1 is 1.21 bits per heavy atom. The number of rotatable bonds is 7. The third-order valence-corrected chi connectivity index (χ3v) is 3.75. The highest BCUT2D eigenvalue weighted by Crippen LogP contribution is 2.29. The lowest BCUT2D eigenvalue weighted by molar-refractivity contribution is -0.137. The highest BCUT2D eigenvalue weighted by Gasteiger charge is 2.21. The van der Waals surface area contributed by atoms with Gasteiger partial charge in [-0.1, -0.05) is 37.6 Å². The standard InChI is InChI=1S/C18H20ClNO4/c1-12(2)11-20(10-9-17(21)22)18(23)16-8-7-15(24-16)13-5-3-4-6-14(13)19/h3-8,12H,9-11H2,1-2H3,(H,21,22). The molecular weight excluding hydrogens is 330 g/mol. The molecule has 0 saturated carbocycles. The second-order valence-corrected chi connectivity index (χ2v) is 6.34. The van der Waals surface area contributed by atoms with Crippen molar-refractivity contribution >= 4 is 23.5 Å². The van der Waals surface area contributed by atoms with E-state index in [2.05, 4.69) is 0 Å². The third kappa shape index (κ3) is 4.61. The first-order valence-corrected chi connectivity index (χ1v) is 8.12. The van der Waals surface area contributed by atoms with E-state index in [4.69, 9.17) is 21.1 Å². The van der Waals surface area contributed by atoms with Crippen LogP contribution in [0.1, 0.15) is 30.8 Å². The largest absolute Gasteiger partial charge is 0.481 e. The normalized spacial score (nSPS) is 10.8. The van der Waals surface area contributed by atoms with E-state index in [0.29, 0.717) is 22.9 Å². The lowest BCUT2D eigenvalue weighted by Gasteiger charge is -2.22. The summed E-state index contributed by atoms with van der Waals surface area (Å²) < 4.78 is 5.66. The lowest BCUT2D eigenvalue weighted by Crippen LogP contribution is -2.35. The number of furan rings is 1. The number of carbonyl (C=O) groups is 2. The zero-order chi connectivity index (χ0) is 17.7. The molecule has 0 saturated heterocycles. The summed E-state index contributed by atoms with van der Waals surface area (Å²) in [7, 11) is 0. The van der Waals surface area contributed by atoms with Crippen LogP contribution in [0.15, 0.2) is 40.8 Å². The van der Waals surface area contributed by atoms with Crippen LogP contribution in [-0.4, -0.2) is 35.0 Å². The van der Waals surface area contributed by atoms with Crippen LogP contribution in [0.3, 0.4) is 0 Å². The number of halogens is 1. The van der Waals surface area contributed by atoms with E-state index in [1.54, 1.807) is 18.2 Å². The number of carboxylic acids is 1. The highest BCUT2D eigenvalue weighted by molar-refractivity contribution is 6.33. The third-order valence-electron chi connectivity index (χ3n) is 3.42. The van der Waals surface area contributed by atoms with Gasteiger partial charge in [-0.25, -0.2) is 0 Å². The van der Waals surface area contributed by atoms with Crippen LogP contribution in [-0.2, 0) is 4.79 Å². The molecule has 1 N–H and O–H groups in total. The first-order valence-electron chi connectivity index (χ1n) is 7.74. The number of hydrogen-bond donors (Lipinski definition) is 1. The average molecular weight is 350 g/mol. The maximum Gasteiger partial charge on any atom is 0.305 e. The van der Waals surface area contributed by atoms with Gasteiger partial charge < -0.3 is 14.4 Å². The summed E-state index contributed by atoms with van der Waals surface area (Å²) in [6, 6.07) is 10.5. The molecule has 1 heterocycles. The number of nitrogens with zero attached hydrogens (tertiary/aromatic N) is 1. The molecule has 0 spiro atoms. The minimum atomic E-state index is -0.937. The van der Waals surface area contributed by atoms with E-state index in [-0.39, 0.29) is 30.6 Å². The monoisotopic (exact) mass is 349 g/mol. The first-order chi connectivity index (χ1) is 11.4. The molecule has 2 rings (SSSR count). The van der Waals surface area contributed by atoms with Crippen molar-refractivity contribution in [2.45, 2.75) is 20.3 Å². The van der Waals surface area contributed by atoms with E-state index < -0.39 is 5.97 Å². The van der Waals surface area contributed by atoms with Gasteiger partial charge in [-0.3, -0.25) is 9.59 Å². The predicted molar refractivity (Wildman–Crippen MR) is 92.1 cm³/mol. The van der Waals surface area contributed by atoms with Gasteiger partial charge in [-0.15, -0.1) is 0 Å². The topological polar surface area (TPSA) is 70.8 Å². The molecule has 24 heavy (non-hydrogen) atoms. The molecule has 0 fully saturated rings. The molecule has 2 aromatic rings. The Morgan fingerprint density at radius 3 is 2.54 bits per heavy atom. The van der Waals surface area contributed by atoms with Crippen molar-refractivity contribution in [1.82, 2.24) is 4.90 Å². The summed E-state index contributed by atoms with van der Waals surface area (Å²) in [4.78, 5) is 24.9. The molecule has 1 aromatic carbocycles. The number of carboxylic acid groups (broad SMARTS) is 1. The van der Waals surface area contributed by atoms with E-state index in [1.165, 1.54) is 4.90 Å². The molecule has 0 bridgehead atoms. The van der Waals surface area contributed by atoms with Gasteiger partial charge in [0.1, 0.15) is 5.76 Å². The molecule has 0 aliphatic rings. The fraction of sp³-hybridized carbons (Fsp3) is 0.333. The quantitative estimate of drug-likeness (QED) is 0.814. The zero-order valence-electron chi connectivity index (χ0n) is 13.7. The average Bonchev–Trinajstić information content (AvgIpc) is 3.00. The number of amides is 1. The second kappa shape index (κ2) is 8.02. The highest BCUT2D eigenvalue weighted by atomic mass is 35.5. The zero-order valence-corrected chi connectivity index (χ0v) is 14.4. The van der Waals surface area contributed by atoms with Gasteiger partial charge in [0.2, 0.25) is 0 Å². The first kappa shape index (κ1) is 18.1. The molecule has 5 nitrogen and oxygen atoms in total. The number of benzene rings is 1. The van der Waals surface area contributed by atoms with Crippen molar-refractivity contribution in [3.05, 3.63) is 47.2 Å². The fourth-order valence-electron chi connectivity index (χ4n) is 2.36. The number of hydrogen-bond acceptors (Lipinski definition) is 3. The van der Waals surface area contributed by atoms with Crippen molar-refractivity contribution < 1.29 is 19.1 Å². The van der Waals surface area contributed by atoms with Crippen molar-refractivity contribution in [1.29, 1.82) is 0 Å². The maximum atomic E-state index is 12.6. The molecule has 0 atom stereocenters. The van der Waals surface area contributed by atoms with Crippen molar-refractivity contribution in [2.75, 3.05) is 13.1 Å². The van der Waals surface area contributed by atoms with Crippen LogP contribution in [0.2, 0.25) is 5.02 Å². The van der Waals surface area contributed by atoms with Crippen LogP contribution in [0.4, 0.5) is 0 Å². The molecule has 1 aromatic heterocycles. The molecule has 0 radical (unpaired) electrons. The minimum Gasteiger partial charge on any atom is -0.481 e. The Labute approximate surface area is 145 Å². The minimum absolute atomic E-state index is 0.101. The van der Waals surface area contributed by atoms with Crippen LogP contribution in [0.25, 0.3) is 11.3 Å². The lowest BCUT2D eigenvalue weighted by atomic mass is 10.2. The SMILES string of the molecule is CC(C)CN(CCC(=O)O)C(=O)c1ccc(-c2ccccc2Cl)o1. The summed E-state index contributed by atoms with van der Waals surface area (Å²) in [5, 5.41) is 9.39. The van der Waals surface area contributed by atoms with Gasteiger partial charge in [0.25, 0.3) is 5.91 Å². The van der Waals surface area contributed by atoms with Gasteiger partial charge in [0, 0.05) is 18.7 Å². The van der Waals surface area contributed by atoms with Crippen molar-refractivity contribution in [3.63, 3.8) is 0 Å². The van der Waals surface area contributed by atoms with Gasteiger partial charge in [0.05, 0.1) is 11.4 Å². The summed E-state index contributed by atoms with van der Waals surface area (Å²) in [6.45, 7) is 4.55. The summed E-state index contributed by atoms with van der Waals surface area (Å²) in [6.07, 6.45) is -0.101. The second-order valence-electron chi connectivity index (χ2n) is 5.93. The smallest absolute Gasteiger partial charge is 0.305 e. The Morgan fingerprint density at radius 2 is 1.92 bits per heavy atom. The summed E-state index contributed by atoms with van der Waals surface area (Å²) in [5.74, 6) is -0.348. The Balaban J connectivity index is 2.21. The fourth-order valence-corrected chi connectivity index (χ4v) is 2.59. The molecule has 0 aliphatic carbocycles. The van der Waals surface area contributed by atoms with Gasteiger partial charge >= 0.3 is 5.97 Å². The maximum absolute atomic E-state index is 12.6. The summed E-state index contributed by atoms with van der Waals surface area (Å²) in [5.41, 5.74) is 0.708. The van der Waals surface area contributed by atoms with Crippen LogP contribution in [0, 0.1) is 5.92 Å². The van der Waals surface area contributed by atoms with Gasteiger partial charge in [-0.05, 0) is 30.2 Å². The molecule has 0 unspecified atom stereocenters. The summed E-state index contributed by atoms with van der Waals surface area (Å²) >= 11 is 6.14. The van der Waals surface area contributed by atoms with Gasteiger partial charge in [-0.2, -0.15) is 0 Å². The molecule has 0 aliphatic heterocycles. The number of carbonyl (C=O) groups excluding carboxylic acids is 1. The molecule has 6 heteroatoms. The van der Waals surface area contributed by atoms with Gasteiger partial charge in [0.15, 0.2) is 5.76 Å². The van der Waals surface area contributed by atoms with Crippen LogP contribution < -0.4 is 0 Å². The number of aliphatic carboxylic acids is 1. The van der Waals surface area contributed by atoms with E-state index >= 15 is 0 Å². The van der Waals surface area contributed by atoms with E-state index in [9.17, 15) is 9.59 Å². The van der Waals surface area contributed by atoms with E-state index in [0.717, 1.165) is 0 Å². The van der Waals surface area contributed by atoms with Crippen molar-refractivity contribution in [3.8, 4) is 11.3 Å². The Hall–Kier alpha value is -2.27. The molecule has 1 amide bonds. The Bertz CT molecular complexity index is 723. The van der Waals surface area contributed by atoms with Crippen LogP contribution >= 0.6 is 11.6 Å². The van der Waals surface area contributed by atoms with E-state index in [1.807, 2.05) is 32.0 Å². The van der Waals surface area contributed by atoms with Crippen LogP contribution in [0.5, 0.6) is 0 Å². The molecular formula is C18H20ClNO4. The Kier molecular flexibility index (Phi) is 6.04. The predicted octanol–water partition coefficient (Wildman–Crippen LogP) is 4.17. The van der Waals surface area contributed by atoms with Crippen molar-refractivity contribution in [2.24, 2.45) is 5.92 Å².